The van der Waals surface area contributed by atoms with E-state index in [9.17, 15) is 0 Å². The van der Waals surface area contributed by atoms with Gasteiger partial charge in [-0.15, -0.1) is 24.0 Å². The quantitative estimate of drug-likeness (QED) is 0.206. The van der Waals surface area contributed by atoms with Crippen LogP contribution < -0.4 is 20.1 Å². The maximum absolute atomic E-state index is 5.70. The summed E-state index contributed by atoms with van der Waals surface area (Å²) in [6.45, 7) is 2.93. The molecule has 0 saturated heterocycles. The fourth-order valence-corrected chi connectivity index (χ4v) is 2.70. The fourth-order valence-electron chi connectivity index (χ4n) is 2.70. The van der Waals surface area contributed by atoms with Gasteiger partial charge >= 0.3 is 0 Å². The number of unbranched alkanes of at least 4 members (excludes halogenated alkanes) is 1. The van der Waals surface area contributed by atoms with Gasteiger partial charge in [0, 0.05) is 26.7 Å². The van der Waals surface area contributed by atoms with Crippen molar-refractivity contribution in [3.63, 3.8) is 0 Å². The standard InChI is InChI=1S/C22H31N3O3.HI/c1-23-22(25-16-19-11-12-20(26-2)21(15-19)27-3)24-13-7-8-14-28-17-18-9-5-4-6-10-18;/h4-6,9-12,15H,7-8,13-14,16-17H2,1-3H3,(H2,23,24,25);1H. The molecule has 0 aliphatic heterocycles. The lowest BCUT2D eigenvalue weighted by atomic mass is 10.2. The Labute approximate surface area is 191 Å². The van der Waals surface area contributed by atoms with Gasteiger partial charge < -0.3 is 24.8 Å². The van der Waals surface area contributed by atoms with Crippen LogP contribution in [0.15, 0.2) is 53.5 Å². The van der Waals surface area contributed by atoms with Crippen molar-refractivity contribution in [1.82, 2.24) is 10.6 Å². The molecule has 160 valence electrons. The number of ether oxygens (including phenoxy) is 3. The third-order valence-corrected chi connectivity index (χ3v) is 4.25. The molecule has 29 heavy (non-hydrogen) atoms. The lowest BCUT2D eigenvalue weighted by Crippen LogP contribution is -2.37. The van der Waals surface area contributed by atoms with Gasteiger partial charge in [-0.3, -0.25) is 4.99 Å². The smallest absolute Gasteiger partial charge is 0.191 e. The maximum Gasteiger partial charge on any atom is 0.191 e. The van der Waals surface area contributed by atoms with E-state index in [4.69, 9.17) is 14.2 Å². The van der Waals surface area contributed by atoms with Gasteiger partial charge in [-0.25, -0.2) is 0 Å². The van der Waals surface area contributed by atoms with E-state index in [2.05, 4.69) is 27.8 Å². The van der Waals surface area contributed by atoms with E-state index >= 15 is 0 Å². The molecule has 0 saturated carbocycles. The number of benzene rings is 2. The molecule has 0 spiro atoms. The van der Waals surface area contributed by atoms with E-state index in [1.165, 1.54) is 5.56 Å². The van der Waals surface area contributed by atoms with E-state index in [0.29, 0.717) is 13.2 Å². The number of guanidine groups is 1. The zero-order valence-electron chi connectivity index (χ0n) is 17.4. The van der Waals surface area contributed by atoms with E-state index < -0.39 is 0 Å². The number of aliphatic imine (C=N–C) groups is 1. The Morgan fingerprint density at radius 3 is 2.34 bits per heavy atom. The molecule has 0 heterocycles. The van der Waals surface area contributed by atoms with Crippen LogP contribution in [0.2, 0.25) is 0 Å². The van der Waals surface area contributed by atoms with Crippen LogP contribution >= 0.6 is 24.0 Å². The second-order valence-electron chi connectivity index (χ2n) is 6.29. The van der Waals surface area contributed by atoms with Gasteiger partial charge in [0.25, 0.3) is 0 Å². The topological polar surface area (TPSA) is 64.1 Å². The highest BCUT2D eigenvalue weighted by Gasteiger charge is 2.05. The van der Waals surface area contributed by atoms with Gasteiger partial charge in [0.15, 0.2) is 17.5 Å². The summed E-state index contributed by atoms with van der Waals surface area (Å²) in [7, 11) is 5.04. The summed E-state index contributed by atoms with van der Waals surface area (Å²) in [5.74, 6) is 2.23. The first-order valence-corrected chi connectivity index (χ1v) is 9.54. The lowest BCUT2D eigenvalue weighted by molar-refractivity contribution is 0.117. The summed E-state index contributed by atoms with van der Waals surface area (Å²) in [6.07, 6.45) is 2.03. The molecule has 0 radical (unpaired) electrons. The molecule has 0 unspecified atom stereocenters. The zero-order valence-corrected chi connectivity index (χ0v) is 19.8. The largest absolute Gasteiger partial charge is 0.493 e. The first kappa shape index (κ1) is 25.0. The predicted molar refractivity (Wildman–Crippen MR) is 128 cm³/mol. The van der Waals surface area contributed by atoms with Crippen LogP contribution in [0.4, 0.5) is 0 Å². The van der Waals surface area contributed by atoms with Gasteiger partial charge in [-0.1, -0.05) is 36.4 Å². The number of halogens is 1. The Balaban J connectivity index is 0.00000420. The van der Waals surface area contributed by atoms with Gasteiger partial charge in [0.05, 0.1) is 20.8 Å². The minimum Gasteiger partial charge on any atom is -0.493 e. The molecule has 2 aromatic rings. The minimum absolute atomic E-state index is 0. The monoisotopic (exact) mass is 513 g/mol. The van der Waals surface area contributed by atoms with Gasteiger partial charge in [0.2, 0.25) is 0 Å². The number of methoxy groups -OCH3 is 2. The summed E-state index contributed by atoms with van der Waals surface area (Å²) < 4.78 is 16.3. The molecule has 0 amide bonds. The molecule has 6 nitrogen and oxygen atoms in total. The number of nitrogens with zero attached hydrogens (tertiary/aromatic N) is 1. The molecule has 7 heteroatoms. The molecule has 2 N–H and O–H groups in total. The number of hydrogen-bond donors (Lipinski definition) is 2. The second-order valence-corrected chi connectivity index (χ2v) is 6.29. The van der Waals surface area contributed by atoms with Crippen molar-refractivity contribution < 1.29 is 14.2 Å². The zero-order chi connectivity index (χ0) is 20.0. The molecule has 0 bridgehead atoms. The summed E-state index contributed by atoms with van der Waals surface area (Å²) >= 11 is 0. The van der Waals surface area contributed by atoms with Crippen molar-refractivity contribution in [3.8, 4) is 11.5 Å². The SMILES string of the molecule is CN=C(NCCCCOCc1ccccc1)NCc1ccc(OC)c(OC)c1.I. The molecular formula is C22H32IN3O3. The van der Waals surface area contributed by atoms with Crippen molar-refractivity contribution >= 4 is 29.9 Å². The van der Waals surface area contributed by atoms with Crippen molar-refractivity contribution in [2.45, 2.75) is 26.0 Å². The Kier molecular flexibility index (Phi) is 12.9. The molecule has 0 aliphatic carbocycles. The molecule has 0 atom stereocenters. The van der Waals surface area contributed by atoms with E-state index in [-0.39, 0.29) is 24.0 Å². The molecule has 2 rings (SSSR count). The van der Waals surface area contributed by atoms with Crippen LogP contribution in [-0.4, -0.2) is 40.4 Å². The van der Waals surface area contributed by atoms with Gasteiger partial charge in [-0.05, 0) is 36.1 Å². The van der Waals surface area contributed by atoms with E-state index in [0.717, 1.165) is 49.0 Å². The molecule has 0 fully saturated rings. The highest BCUT2D eigenvalue weighted by molar-refractivity contribution is 14.0. The van der Waals surface area contributed by atoms with Gasteiger partial charge in [0.1, 0.15) is 0 Å². The van der Waals surface area contributed by atoms with E-state index in [1.807, 2.05) is 36.4 Å². The van der Waals surface area contributed by atoms with Crippen LogP contribution in [0.1, 0.15) is 24.0 Å². The van der Waals surface area contributed by atoms with Crippen molar-refractivity contribution in [2.24, 2.45) is 4.99 Å². The highest BCUT2D eigenvalue weighted by Crippen LogP contribution is 2.27. The predicted octanol–water partition coefficient (Wildman–Crippen LogP) is 3.98. The highest BCUT2D eigenvalue weighted by atomic mass is 127. The third-order valence-electron chi connectivity index (χ3n) is 4.25. The Morgan fingerprint density at radius 2 is 1.66 bits per heavy atom. The molecular weight excluding hydrogens is 481 g/mol. The summed E-state index contributed by atoms with van der Waals surface area (Å²) in [5.41, 5.74) is 2.30. The minimum atomic E-state index is 0. The third kappa shape index (κ3) is 9.36. The maximum atomic E-state index is 5.70. The van der Waals surface area contributed by atoms with Crippen molar-refractivity contribution in [1.29, 1.82) is 0 Å². The van der Waals surface area contributed by atoms with Crippen molar-refractivity contribution in [3.05, 3.63) is 59.7 Å². The van der Waals surface area contributed by atoms with Gasteiger partial charge in [-0.2, -0.15) is 0 Å². The van der Waals surface area contributed by atoms with Crippen LogP contribution in [0.3, 0.4) is 0 Å². The summed E-state index contributed by atoms with van der Waals surface area (Å²) in [5, 5.41) is 6.64. The van der Waals surface area contributed by atoms with E-state index in [1.54, 1.807) is 21.3 Å². The Morgan fingerprint density at radius 1 is 0.897 bits per heavy atom. The van der Waals surface area contributed by atoms with Crippen LogP contribution in [-0.2, 0) is 17.9 Å². The Bertz CT molecular complexity index is 726. The first-order valence-electron chi connectivity index (χ1n) is 9.54. The molecule has 0 aromatic heterocycles. The summed E-state index contributed by atoms with van der Waals surface area (Å²) in [4.78, 5) is 4.26. The first-order chi connectivity index (χ1) is 13.8. The average molecular weight is 513 g/mol. The molecule has 2 aromatic carbocycles. The second kappa shape index (κ2) is 14.9. The lowest BCUT2D eigenvalue weighted by Gasteiger charge is -2.13. The fraction of sp³-hybridized carbons (Fsp3) is 0.409. The number of hydrogen-bond acceptors (Lipinski definition) is 4. The van der Waals surface area contributed by atoms with Crippen molar-refractivity contribution in [2.75, 3.05) is 34.4 Å². The van der Waals surface area contributed by atoms with Crippen LogP contribution in [0.5, 0.6) is 11.5 Å². The summed E-state index contributed by atoms with van der Waals surface area (Å²) in [6, 6.07) is 16.1. The Hall–Kier alpha value is -2.00. The molecule has 0 aliphatic rings. The number of rotatable bonds is 11. The average Bonchev–Trinajstić information content (AvgIpc) is 2.75. The normalized spacial score (nSPS) is 10.8. The van der Waals surface area contributed by atoms with Crippen LogP contribution in [0.25, 0.3) is 0 Å². The number of nitrogens with one attached hydrogen (secondary N) is 2. The van der Waals surface area contributed by atoms with Crippen LogP contribution in [0, 0.1) is 0 Å².